The van der Waals surface area contributed by atoms with Crippen LogP contribution in [0.1, 0.15) is 15.4 Å². The number of carbonyl (C=O) groups excluding carboxylic acids is 1. The molecular formula is C19H21N3OS2. The first-order valence-corrected chi connectivity index (χ1v) is 9.90. The summed E-state index contributed by atoms with van der Waals surface area (Å²) in [5.74, 6) is -0.101. The molecule has 0 radical (unpaired) electrons. The van der Waals surface area contributed by atoms with Crippen molar-refractivity contribution in [2.75, 3.05) is 6.54 Å². The first-order valence-electron chi connectivity index (χ1n) is 8.20. The number of nitrogens with one attached hydrogen (secondary N) is 1. The molecule has 3 aromatic rings. The van der Waals surface area contributed by atoms with Gasteiger partial charge in [-0.3, -0.25) is 4.79 Å². The Labute approximate surface area is 155 Å². The summed E-state index contributed by atoms with van der Waals surface area (Å²) in [4.78, 5) is 19.0. The van der Waals surface area contributed by atoms with Crippen molar-refractivity contribution in [3.8, 4) is 10.6 Å². The van der Waals surface area contributed by atoms with Crippen LogP contribution in [-0.2, 0) is 17.6 Å². The van der Waals surface area contributed by atoms with E-state index >= 15 is 0 Å². The molecule has 25 heavy (non-hydrogen) atoms. The molecule has 0 aliphatic heterocycles. The van der Waals surface area contributed by atoms with Crippen molar-refractivity contribution in [1.82, 2.24) is 10.3 Å². The van der Waals surface area contributed by atoms with Crippen LogP contribution in [0.3, 0.4) is 0 Å². The highest BCUT2D eigenvalue weighted by Gasteiger charge is 2.13. The standard InChI is InChI=1S/C19H21N3OS2/c1-13-22-17(12-24-13)18-8-7-15(25-18)9-10-21-19(23)16(20)11-14-5-3-2-4-6-14/h2-8,12,16H,9-11,20H2,1H3,(H,21,23)/t16-/m0/s1. The summed E-state index contributed by atoms with van der Waals surface area (Å²) in [6.45, 7) is 2.61. The maximum Gasteiger partial charge on any atom is 0.237 e. The second-order valence-electron chi connectivity index (χ2n) is 5.85. The predicted octanol–water partition coefficient (Wildman–Crippen LogP) is 3.41. The molecule has 0 saturated heterocycles. The van der Waals surface area contributed by atoms with Gasteiger partial charge in [-0.25, -0.2) is 4.98 Å². The zero-order chi connectivity index (χ0) is 17.6. The normalized spacial score (nSPS) is 12.1. The minimum atomic E-state index is -0.515. The monoisotopic (exact) mass is 371 g/mol. The fraction of sp³-hybridized carbons (Fsp3) is 0.263. The van der Waals surface area contributed by atoms with Crippen LogP contribution in [0.5, 0.6) is 0 Å². The van der Waals surface area contributed by atoms with Crippen molar-refractivity contribution < 1.29 is 4.79 Å². The van der Waals surface area contributed by atoms with E-state index in [0.29, 0.717) is 13.0 Å². The van der Waals surface area contributed by atoms with Crippen LogP contribution >= 0.6 is 22.7 Å². The van der Waals surface area contributed by atoms with Crippen LogP contribution in [0.2, 0.25) is 0 Å². The van der Waals surface area contributed by atoms with E-state index in [0.717, 1.165) is 22.7 Å². The number of aromatic nitrogens is 1. The van der Waals surface area contributed by atoms with Gasteiger partial charge in [0, 0.05) is 16.8 Å². The van der Waals surface area contributed by atoms with E-state index in [9.17, 15) is 4.79 Å². The van der Waals surface area contributed by atoms with E-state index in [4.69, 9.17) is 5.73 Å². The molecule has 1 atom stereocenters. The molecule has 2 heterocycles. The van der Waals surface area contributed by atoms with E-state index in [1.54, 1.807) is 22.7 Å². The zero-order valence-electron chi connectivity index (χ0n) is 14.1. The van der Waals surface area contributed by atoms with Crippen molar-refractivity contribution in [3.05, 3.63) is 63.3 Å². The summed E-state index contributed by atoms with van der Waals surface area (Å²) in [6, 6.07) is 13.5. The third-order valence-electron chi connectivity index (χ3n) is 3.84. The van der Waals surface area contributed by atoms with Crippen molar-refractivity contribution >= 4 is 28.6 Å². The van der Waals surface area contributed by atoms with E-state index < -0.39 is 6.04 Å². The van der Waals surface area contributed by atoms with Crippen LogP contribution in [0.15, 0.2) is 47.8 Å². The van der Waals surface area contributed by atoms with Crippen LogP contribution in [-0.4, -0.2) is 23.5 Å². The predicted molar refractivity (Wildman–Crippen MR) is 105 cm³/mol. The highest BCUT2D eigenvalue weighted by Crippen LogP contribution is 2.29. The van der Waals surface area contributed by atoms with Crippen LogP contribution in [0.25, 0.3) is 10.6 Å². The summed E-state index contributed by atoms with van der Waals surface area (Å²) in [5, 5.41) is 6.09. The topological polar surface area (TPSA) is 68.0 Å². The number of amides is 1. The van der Waals surface area contributed by atoms with Crippen LogP contribution in [0, 0.1) is 6.92 Å². The average molecular weight is 372 g/mol. The Hall–Kier alpha value is -2.02. The molecule has 0 saturated carbocycles. The van der Waals surface area contributed by atoms with Crippen molar-refractivity contribution in [1.29, 1.82) is 0 Å². The number of benzene rings is 1. The van der Waals surface area contributed by atoms with Gasteiger partial charge in [0.15, 0.2) is 0 Å². The molecule has 3 rings (SSSR count). The third kappa shape index (κ3) is 4.98. The quantitative estimate of drug-likeness (QED) is 0.669. The number of aryl methyl sites for hydroxylation is 1. The van der Waals surface area contributed by atoms with Gasteiger partial charge in [-0.2, -0.15) is 0 Å². The Bertz CT molecular complexity index is 826. The molecule has 2 aromatic heterocycles. The van der Waals surface area contributed by atoms with Crippen molar-refractivity contribution in [2.24, 2.45) is 5.73 Å². The van der Waals surface area contributed by atoms with Gasteiger partial charge in [-0.15, -0.1) is 22.7 Å². The lowest BCUT2D eigenvalue weighted by Crippen LogP contribution is -2.42. The fourth-order valence-corrected chi connectivity index (χ4v) is 4.18. The number of nitrogens with zero attached hydrogens (tertiary/aromatic N) is 1. The number of thiazole rings is 1. The lowest BCUT2D eigenvalue weighted by atomic mass is 10.1. The van der Waals surface area contributed by atoms with Gasteiger partial charge in [0.05, 0.1) is 21.6 Å². The zero-order valence-corrected chi connectivity index (χ0v) is 15.7. The number of thiophene rings is 1. The van der Waals surface area contributed by atoms with E-state index in [1.165, 1.54) is 9.75 Å². The summed E-state index contributed by atoms with van der Waals surface area (Å²) in [6.07, 6.45) is 1.36. The summed E-state index contributed by atoms with van der Waals surface area (Å²) >= 11 is 3.38. The third-order valence-corrected chi connectivity index (χ3v) is 5.78. The molecule has 0 aliphatic carbocycles. The minimum Gasteiger partial charge on any atom is -0.354 e. The molecule has 0 spiro atoms. The summed E-state index contributed by atoms with van der Waals surface area (Å²) in [5.41, 5.74) is 8.11. The molecule has 0 unspecified atom stereocenters. The molecule has 1 aromatic carbocycles. The molecular weight excluding hydrogens is 350 g/mol. The van der Waals surface area contributed by atoms with Crippen molar-refractivity contribution in [2.45, 2.75) is 25.8 Å². The molecule has 1 amide bonds. The molecule has 6 heteroatoms. The van der Waals surface area contributed by atoms with Gasteiger partial charge in [0.1, 0.15) is 0 Å². The number of carbonyl (C=O) groups is 1. The highest BCUT2D eigenvalue weighted by atomic mass is 32.1. The lowest BCUT2D eigenvalue weighted by Gasteiger charge is -2.12. The van der Waals surface area contributed by atoms with Crippen LogP contribution in [0.4, 0.5) is 0 Å². The highest BCUT2D eigenvalue weighted by molar-refractivity contribution is 7.16. The molecule has 0 fully saturated rings. The van der Waals surface area contributed by atoms with Crippen molar-refractivity contribution in [3.63, 3.8) is 0 Å². The first kappa shape index (κ1) is 17.8. The molecule has 3 N–H and O–H groups in total. The first-order chi connectivity index (χ1) is 12.1. The second kappa shape index (κ2) is 8.38. The SMILES string of the molecule is Cc1nc(-c2ccc(CCNC(=O)[C@@H](N)Cc3ccccc3)s2)cs1. The molecule has 0 aliphatic rings. The maximum atomic E-state index is 12.1. The number of nitrogens with two attached hydrogens (primary N) is 1. The van der Waals surface area contributed by atoms with E-state index in [-0.39, 0.29) is 5.91 Å². The Balaban J connectivity index is 1.46. The minimum absolute atomic E-state index is 0.101. The van der Waals surface area contributed by atoms with Gasteiger partial charge >= 0.3 is 0 Å². The lowest BCUT2D eigenvalue weighted by molar-refractivity contribution is -0.122. The van der Waals surface area contributed by atoms with Gasteiger partial charge in [0.25, 0.3) is 0 Å². The van der Waals surface area contributed by atoms with E-state index in [1.807, 2.05) is 37.3 Å². The Morgan fingerprint density at radius 3 is 2.76 bits per heavy atom. The Morgan fingerprint density at radius 1 is 1.24 bits per heavy atom. The Morgan fingerprint density at radius 2 is 2.04 bits per heavy atom. The van der Waals surface area contributed by atoms with Gasteiger partial charge in [-0.1, -0.05) is 30.3 Å². The molecule has 130 valence electrons. The van der Waals surface area contributed by atoms with Gasteiger partial charge < -0.3 is 11.1 Å². The number of rotatable bonds is 7. The van der Waals surface area contributed by atoms with E-state index in [2.05, 4.69) is 27.8 Å². The largest absolute Gasteiger partial charge is 0.354 e. The second-order valence-corrected chi connectivity index (χ2v) is 8.09. The van der Waals surface area contributed by atoms with Gasteiger partial charge in [-0.05, 0) is 37.5 Å². The van der Waals surface area contributed by atoms with Gasteiger partial charge in [0.2, 0.25) is 5.91 Å². The number of hydrogen-bond acceptors (Lipinski definition) is 5. The fourth-order valence-electron chi connectivity index (χ4n) is 2.53. The summed E-state index contributed by atoms with van der Waals surface area (Å²) in [7, 11) is 0. The summed E-state index contributed by atoms with van der Waals surface area (Å²) < 4.78 is 0. The Kier molecular flexibility index (Phi) is 5.96. The molecule has 0 bridgehead atoms. The van der Waals surface area contributed by atoms with Crippen LogP contribution < -0.4 is 11.1 Å². The smallest absolute Gasteiger partial charge is 0.237 e. The maximum absolute atomic E-state index is 12.1. The molecule has 4 nitrogen and oxygen atoms in total. The average Bonchev–Trinajstić information content (AvgIpc) is 3.24. The number of hydrogen-bond donors (Lipinski definition) is 2.